The van der Waals surface area contributed by atoms with Gasteiger partial charge in [0.25, 0.3) is 5.91 Å². The number of para-hydroxylation sites is 1. The van der Waals surface area contributed by atoms with Crippen LogP contribution in [0, 0.1) is 12.7 Å². The van der Waals surface area contributed by atoms with E-state index in [1.54, 1.807) is 15.6 Å². The van der Waals surface area contributed by atoms with E-state index >= 15 is 0 Å². The zero-order valence-corrected chi connectivity index (χ0v) is 22.9. The van der Waals surface area contributed by atoms with Crippen molar-refractivity contribution in [1.82, 2.24) is 14.5 Å². The van der Waals surface area contributed by atoms with Crippen LogP contribution in [-0.2, 0) is 5.41 Å². The van der Waals surface area contributed by atoms with Gasteiger partial charge in [-0.1, -0.05) is 62.2 Å². The number of nitrogens with zero attached hydrogens (tertiary/aromatic N) is 3. The van der Waals surface area contributed by atoms with Crippen LogP contribution >= 0.6 is 23.2 Å². The molecule has 37 heavy (non-hydrogen) atoms. The fourth-order valence-electron chi connectivity index (χ4n) is 5.30. The Balaban J connectivity index is 1.67. The number of benzene rings is 2. The van der Waals surface area contributed by atoms with Crippen LogP contribution in [0.5, 0.6) is 5.75 Å². The number of carbonyl (C=O) groups is 1. The average Bonchev–Trinajstić information content (AvgIpc) is 3.19. The van der Waals surface area contributed by atoms with Crippen LogP contribution in [0.3, 0.4) is 0 Å². The molecule has 0 N–H and O–H groups in total. The summed E-state index contributed by atoms with van der Waals surface area (Å²) >= 11 is 12.7. The summed E-state index contributed by atoms with van der Waals surface area (Å²) in [5.41, 5.74) is 4.68. The standard InChI is InChI=1S/C29H28Cl2FN3O2/c1-16-12-23-25(29(2,3)4)20(15-33-35(23)27(16)19-13-17(32)14-21(30)26(19)31)28(36)34(5)22-10-11-37-24-9-7-6-8-18(22)24/h6-9,12-15,22H,10-11H2,1-5H3/t22-/m0/s1. The summed E-state index contributed by atoms with van der Waals surface area (Å²) in [5, 5.41) is 5.05. The number of amides is 1. The summed E-state index contributed by atoms with van der Waals surface area (Å²) in [5.74, 6) is 0.203. The minimum Gasteiger partial charge on any atom is -0.493 e. The van der Waals surface area contributed by atoms with Crippen LogP contribution in [0.4, 0.5) is 4.39 Å². The lowest BCUT2D eigenvalue weighted by molar-refractivity contribution is 0.0683. The van der Waals surface area contributed by atoms with Gasteiger partial charge in [0.2, 0.25) is 0 Å². The van der Waals surface area contributed by atoms with Crippen molar-refractivity contribution in [3.63, 3.8) is 0 Å². The molecule has 1 aliphatic rings. The molecule has 2 aromatic carbocycles. The Kier molecular flexibility index (Phi) is 6.45. The molecule has 4 aromatic rings. The van der Waals surface area contributed by atoms with E-state index in [2.05, 4.69) is 25.9 Å². The van der Waals surface area contributed by atoms with Gasteiger partial charge in [-0.05, 0) is 47.7 Å². The number of hydrogen-bond donors (Lipinski definition) is 0. The number of halogens is 3. The summed E-state index contributed by atoms with van der Waals surface area (Å²) in [6.45, 7) is 8.66. The Bertz CT molecular complexity index is 1540. The number of fused-ring (bicyclic) bond motifs is 2. The van der Waals surface area contributed by atoms with Crippen molar-refractivity contribution in [2.45, 2.75) is 45.6 Å². The third kappa shape index (κ3) is 4.36. The molecule has 0 aliphatic carbocycles. The lowest BCUT2D eigenvalue weighted by Crippen LogP contribution is -2.36. The second-order valence-electron chi connectivity index (χ2n) is 10.5. The SMILES string of the molecule is Cc1cc2c(C(C)(C)C)c(C(=O)N(C)[C@H]3CCOc4ccccc43)cnn2c1-c1cc(F)cc(Cl)c1Cl. The molecule has 0 saturated heterocycles. The third-order valence-electron chi connectivity index (χ3n) is 6.94. The Morgan fingerprint density at radius 1 is 1.19 bits per heavy atom. The molecule has 0 spiro atoms. The zero-order chi connectivity index (χ0) is 26.6. The topological polar surface area (TPSA) is 46.8 Å². The quantitative estimate of drug-likeness (QED) is 0.251. The van der Waals surface area contributed by atoms with Crippen molar-refractivity contribution in [3.05, 3.63) is 86.8 Å². The Hall–Kier alpha value is -3.09. The molecular weight excluding hydrogens is 512 g/mol. The van der Waals surface area contributed by atoms with E-state index in [4.69, 9.17) is 27.9 Å². The molecule has 0 unspecified atom stereocenters. The first-order valence-corrected chi connectivity index (χ1v) is 12.9. The molecule has 0 radical (unpaired) electrons. The normalized spacial score (nSPS) is 15.4. The molecule has 5 nitrogen and oxygen atoms in total. The maximum absolute atomic E-state index is 14.3. The van der Waals surface area contributed by atoms with Gasteiger partial charge in [0.1, 0.15) is 11.6 Å². The zero-order valence-electron chi connectivity index (χ0n) is 21.4. The highest BCUT2D eigenvalue weighted by Crippen LogP contribution is 2.41. The first kappa shape index (κ1) is 25.6. The molecule has 1 amide bonds. The number of rotatable bonds is 3. The van der Waals surface area contributed by atoms with Crippen molar-refractivity contribution in [2.75, 3.05) is 13.7 Å². The molecule has 0 saturated carbocycles. The van der Waals surface area contributed by atoms with Gasteiger partial charge >= 0.3 is 0 Å². The summed E-state index contributed by atoms with van der Waals surface area (Å²) in [4.78, 5) is 15.8. The van der Waals surface area contributed by atoms with Gasteiger partial charge in [-0.25, -0.2) is 8.91 Å². The van der Waals surface area contributed by atoms with Crippen LogP contribution in [0.25, 0.3) is 16.8 Å². The summed E-state index contributed by atoms with van der Waals surface area (Å²) < 4.78 is 21.8. The summed E-state index contributed by atoms with van der Waals surface area (Å²) in [7, 11) is 1.83. The minimum absolute atomic E-state index is 0.112. The molecule has 0 fully saturated rings. The highest BCUT2D eigenvalue weighted by atomic mass is 35.5. The maximum Gasteiger partial charge on any atom is 0.256 e. The fourth-order valence-corrected chi connectivity index (χ4v) is 5.70. The molecule has 5 rings (SSSR count). The Labute approximate surface area is 225 Å². The van der Waals surface area contributed by atoms with E-state index < -0.39 is 11.2 Å². The van der Waals surface area contributed by atoms with Crippen molar-refractivity contribution in [3.8, 4) is 17.0 Å². The summed E-state index contributed by atoms with van der Waals surface area (Å²) in [6.07, 6.45) is 2.31. The first-order chi connectivity index (χ1) is 17.5. The average molecular weight is 540 g/mol. The van der Waals surface area contributed by atoms with Crippen LogP contribution in [-0.4, -0.2) is 34.1 Å². The second kappa shape index (κ2) is 9.34. The van der Waals surface area contributed by atoms with E-state index in [0.717, 1.165) is 28.0 Å². The highest BCUT2D eigenvalue weighted by molar-refractivity contribution is 6.43. The van der Waals surface area contributed by atoms with Crippen LogP contribution in [0.2, 0.25) is 10.0 Å². The number of hydrogen-bond acceptors (Lipinski definition) is 3. The molecule has 3 heterocycles. The van der Waals surface area contributed by atoms with Crippen LogP contribution < -0.4 is 4.74 Å². The first-order valence-electron chi connectivity index (χ1n) is 12.1. The highest BCUT2D eigenvalue weighted by Gasteiger charge is 2.33. The maximum atomic E-state index is 14.3. The number of carbonyl (C=O) groups excluding carboxylic acids is 1. The van der Waals surface area contributed by atoms with Gasteiger partial charge in [-0.3, -0.25) is 4.79 Å². The van der Waals surface area contributed by atoms with Gasteiger partial charge in [0, 0.05) is 24.6 Å². The van der Waals surface area contributed by atoms with Crippen molar-refractivity contribution >= 4 is 34.6 Å². The molecular formula is C29H28Cl2FN3O2. The van der Waals surface area contributed by atoms with Gasteiger partial charge in [0.05, 0.1) is 45.7 Å². The monoisotopic (exact) mass is 539 g/mol. The van der Waals surface area contributed by atoms with E-state index in [1.807, 2.05) is 44.3 Å². The Morgan fingerprint density at radius 2 is 1.92 bits per heavy atom. The smallest absolute Gasteiger partial charge is 0.256 e. The fraction of sp³-hybridized carbons (Fsp3) is 0.310. The van der Waals surface area contributed by atoms with E-state index in [-0.39, 0.29) is 22.0 Å². The molecule has 2 aromatic heterocycles. The molecule has 8 heteroatoms. The number of aryl methyl sites for hydroxylation is 1. The molecule has 192 valence electrons. The van der Waals surface area contributed by atoms with Crippen molar-refractivity contribution < 1.29 is 13.9 Å². The molecule has 0 bridgehead atoms. The number of aromatic nitrogens is 2. The van der Waals surface area contributed by atoms with Gasteiger partial charge in [-0.15, -0.1) is 0 Å². The van der Waals surface area contributed by atoms with E-state index in [0.29, 0.717) is 29.8 Å². The largest absolute Gasteiger partial charge is 0.493 e. The van der Waals surface area contributed by atoms with Gasteiger partial charge in [0.15, 0.2) is 0 Å². The van der Waals surface area contributed by atoms with Crippen LogP contribution in [0.1, 0.15) is 60.3 Å². The number of ether oxygens (including phenoxy) is 1. The lowest BCUT2D eigenvalue weighted by atomic mass is 9.83. The Morgan fingerprint density at radius 3 is 2.65 bits per heavy atom. The van der Waals surface area contributed by atoms with E-state index in [9.17, 15) is 9.18 Å². The molecule has 1 aliphatic heterocycles. The van der Waals surface area contributed by atoms with Crippen LogP contribution in [0.15, 0.2) is 48.7 Å². The second-order valence-corrected chi connectivity index (χ2v) is 11.3. The van der Waals surface area contributed by atoms with Gasteiger partial charge < -0.3 is 9.64 Å². The van der Waals surface area contributed by atoms with Crippen molar-refractivity contribution in [2.24, 2.45) is 0 Å². The predicted molar refractivity (Wildman–Crippen MR) is 145 cm³/mol. The minimum atomic E-state index is -0.486. The van der Waals surface area contributed by atoms with Crippen molar-refractivity contribution in [1.29, 1.82) is 0 Å². The van der Waals surface area contributed by atoms with Gasteiger partial charge in [-0.2, -0.15) is 5.10 Å². The summed E-state index contributed by atoms with van der Waals surface area (Å²) in [6, 6.07) is 12.2. The third-order valence-corrected chi connectivity index (χ3v) is 7.74. The molecule has 1 atom stereocenters. The lowest BCUT2D eigenvalue weighted by Gasteiger charge is -2.34. The van der Waals surface area contributed by atoms with E-state index in [1.165, 1.54) is 12.1 Å². The predicted octanol–water partition coefficient (Wildman–Crippen LogP) is 7.65.